The predicted molar refractivity (Wildman–Crippen MR) is 111 cm³/mol. The fourth-order valence-corrected chi connectivity index (χ4v) is 3.51. The van der Waals surface area contributed by atoms with E-state index in [1.54, 1.807) is 31.4 Å². The van der Waals surface area contributed by atoms with Crippen LogP contribution in [0.3, 0.4) is 0 Å². The smallest absolute Gasteiger partial charge is 0.329 e. The fourth-order valence-electron chi connectivity index (χ4n) is 2.89. The van der Waals surface area contributed by atoms with Crippen LogP contribution in [0.2, 0.25) is 0 Å². The third-order valence-electron chi connectivity index (χ3n) is 4.49. The minimum absolute atomic E-state index is 0.184. The van der Waals surface area contributed by atoms with E-state index in [-0.39, 0.29) is 11.8 Å². The Morgan fingerprint density at radius 3 is 2.59 bits per heavy atom. The predicted octanol–water partition coefficient (Wildman–Crippen LogP) is 2.68. The maximum Gasteiger partial charge on any atom is 0.329 e. The van der Waals surface area contributed by atoms with Crippen molar-refractivity contribution >= 4 is 34.8 Å². The van der Waals surface area contributed by atoms with E-state index >= 15 is 0 Å². The van der Waals surface area contributed by atoms with E-state index in [2.05, 4.69) is 10.4 Å². The SMILES string of the molecule is CC(C)[C@H](NC(=O)c1cccs1)C(=O)OCC(=O)N1CCC(c2ccccc2)=N1. The van der Waals surface area contributed by atoms with Crippen molar-refractivity contribution in [3.8, 4) is 0 Å². The summed E-state index contributed by atoms with van der Waals surface area (Å²) in [5, 5.41) is 10.1. The number of carbonyl (C=O) groups is 3. The van der Waals surface area contributed by atoms with Crippen LogP contribution in [0.25, 0.3) is 0 Å². The number of amides is 2. The van der Waals surface area contributed by atoms with Crippen LogP contribution >= 0.6 is 11.3 Å². The van der Waals surface area contributed by atoms with Gasteiger partial charge >= 0.3 is 5.97 Å². The van der Waals surface area contributed by atoms with Crippen molar-refractivity contribution in [2.24, 2.45) is 11.0 Å². The zero-order chi connectivity index (χ0) is 20.8. The summed E-state index contributed by atoms with van der Waals surface area (Å²) in [4.78, 5) is 37.6. The van der Waals surface area contributed by atoms with E-state index in [1.165, 1.54) is 16.3 Å². The second kappa shape index (κ2) is 9.47. The first-order valence-corrected chi connectivity index (χ1v) is 10.3. The highest BCUT2D eigenvalue weighted by molar-refractivity contribution is 7.12. The Bertz CT molecular complexity index is 894. The Labute approximate surface area is 173 Å². The van der Waals surface area contributed by atoms with Crippen molar-refractivity contribution < 1.29 is 19.1 Å². The van der Waals surface area contributed by atoms with Gasteiger partial charge in [0.25, 0.3) is 11.8 Å². The quantitative estimate of drug-likeness (QED) is 0.707. The molecule has 1 N–H and O–H groups in total. The largest absolute Gasteiger partial charge is 0.454 e. The number of thiophene rings is 1. The number of hydrogen-bond acceptors (Lipinski definition) is 6. The zero-order valence-corrected chi connectivity index (χ0v) is 17.1. The fraction of sp³-hybridized carbons (Fsp3) is 0.333. The number of benzene rings is 1. The molecule has 1 aliphatic rings. The molecule has 1 aromatic heterocycles. The van der Waals surface area contributed by atoms with Crippen LogP contribution in [-0.4, -0.2) is 47.7 Å². The average Bonchev–Trinajstić information content (AvgIpc) is 3.42. The highest BCUT2D eigenvalue weighted by Gasteiger charge is 2.28. The molecule has 3 rings (SSSR count). The van der Waals surface area contributed by atoms with Gasteiger partial charge in [0, 0.05) is 6.42 Å². The summed E-state index contributed by atoms with van der Waals surface area (Å²) in [6.07, 6.45) is 0.648. The van der Waals surface area contributed by atoms with Gasteiger partial charge in [0.1, 0.15) is 6.04 Å². The highest BCUT2D eigenvalue weighted by atomic mass is 32.1. The molecule has 2 aromatic rings. The van der Waals surface area contributed by atoms with E-state index in [9.17, 15) is 14.4 Å². The van der Waals surface area contributed by atoms with Crippen LogP contribution in [0, 0.1) is 5.92 Å². The van der Waals surface area contributed by atoms with Gasteiger partial charge in [-0.3, -0.25) is 9.59 Å². The molecule has 0 saturated carbocycles. The molecule has 0 bridgehead atoms. The molecule has 2 amide bonds. The lowest BCUT2D eigenvalue weighted by Gasteiger charge is -2.21. The van der Waals surface area contributed by atoms with Gasteiger partial charge in [0.2, 0.25) is 0 Å². The van der Waals surface area contributed by atoms with Gasteiger partial charge in [0.15, 0.2) is 6.61 Å². The third-order valence-corrected chi connectivity index (χ3v) is 5.36. The Hall–Kier alpha value is -3.00. The summed E-state index contributed by atoms with van der Waals surface area (Å²) in [6.45, 7) is 3.64. The molecule has 1 aromatic carbocycles. The van der Waals surface area contributed by atoms with Crippen molar-refractivity contribution in [1.29, 1.82) is 0 Å². The molecule has 8 heteroatoms. The molecule has 1 aliphatic heterocycles. The van der Waals surface area contributed by atoms with Crippen molar-refractivity contribution in [1.82, 2.24) is 10.3 Å². The van der Waals surface area contributed by atoms with Crippen LogP contribution < -0.4 is 5.32 Å². The standard InChI is InChI=1S/C21H23N3O4S/c1-14(2)19(22-20(26)17-9-6-12-29-17)21(27)28-13-18(25)24-11-10-16(23-24)15-7-4-3-5-8-15/h3-9,12,14,19H,10-11,13H2,1-2H3,(H,22,26)/t19-/m0/s1. The summed E-state index contributed by atoms with van der Waals surface area (Å²) >= 11 is 1.29. The molecule has 7 nitrogen and oxygen atoms in total. The Morgan fingerprint density at radius 1 is 1.17 bits per heavy atom. The van der Waals surface area contributed by atoms with E-state index in [1.807, 2.05) is 30.3 Å². The highest BCUT2D eigenvalue weighted by Crippen LogP contribution is 2.14. The molecule has 0 spiro atoms. The van der Waals surface area contributed by atoms with Crippen LogP contribution in [0.1, 0.15) is 35.5 Å². The zero-order valence-electron chi connectivity index (χ0n) is 16.3. The lowest BCUT2D eigenvalue weighted by atomic mass is 10.0. The lowest BCUT2D eigenvalue weighted by molar-refractivity contribution is -0.154. The van der Waals surface area contributed by atoms with Gasteiger partial charge < -0.3 is 10.1 Å². The number of nitrogens with zero attached hydrogens (tertiary/aromatic N) is 2. The molecule has 0 radical (unpaired) electrons. The normalized spacial score (nSPS) is 14.4. The summed E-state index contributed by atoms with van der Waals surface area (Å²) in [5.41, 5.74) is 1.80. The first kappa shape index (κ1) is 20.7. The van der Waals surface area contributed by atoms with Gasteiger partial charge in [0.05, 0.1) is 17.1 Å². The first-order chi connectivity index (χ1) is 14.0. The van der Waals surface area contributed by atoms with E-state index in [0.29, 0.717) is 17.8 Å². The molecule has 0 fully saturated rings. The maximum absolute atomic E-state index is 12.5. The first-order valence-electron chi connectivity index (χ1n) is 9.40. The second-order valence-corrected chi connectivity index (χ2v) is 7.91. The number of nitrogens with one attached hydrogen (secondary N) is 1. The Kier molecular flexibility index (Phi) is 6.77. The lowest BCUT2D eigenvalue weighted by Crippen LogP contribution is -2.46. The maximum atomic E-state index is 12.5. The van der Waals surface area contributed by atoms with Crippen molar-refractivity contribution in [3.63, 3.8) is 0 Å². The van der Waals surface area contributed by atoms with Gasteiger partial charge in [-0.05, 0) is 22.9 Å². The van der Waals surface area contributed by atoms with Gasteiger partial charge in [-0.1, -0.05) is 50.2 Å². The Morgan fingerprint density at radius 2 is 1.93 bits per heavy atom. The number of carbonyl (C=O) groups excluding carboxylic acids is 3. The van der Waals surface area contributed by atoms with E-state index < -0.39 is 24.5 Å². The molecule has 0 saturated heterocycles. The van der Waals surface area contributed by atoms with E-state index in [0.717, 1.165) is 11.3 Å². The number of hydrazone groups is 1. The molecule has 29 heavy (non-hydrogen) atoms. The molecule has 2 heterocycles. The number of ether oxygens (including phenoxy) is 1. The van der Waals surface area contributed by atoms with Crippen molar-refractivity contribution in [3.05, 3.63) is 58.3 Å². The number of hydrogen-bond donors (Lipinski definition) is 1. The molecule has 1 atom stereocenters. The molecule has 152 valence electrons. The summed E-state index contributed by atoms with van der Waals surface area (Å²) in [7, 11) is 0. The van der Waals surface area contributed by atoms with Crippen LogP contribution in [-0.2, 0) is 14.3 Å². The average molecular weight is 413 g/mol. The van der Waals surface area contributed by atoms with Crippen molar-refractivity contribution in [2.45, 2.75) is 26.3 Å². The molecule has 0 unspecified atom stereocenters. The second-order valence-electron chi connectivity index (χ2n) is 6.96. The summed E-state index contributed by atoms with van der Waals surface area (Å²) in [6, 6.07) is 12.3. The number of esters is 1. The monoisotopic (exact) mass is 413 g/mol. The Balaban J connectivity index is 1.55. The van der Waals surface area contributed by atoms with Crippen LogP contribution in [0.15, 0.2) is 52.9 Å². The molecular formula is C21H23N3O4S. The van der Waals surface area contributed by atoms with Gasteiger partial charge in [-0.15, -0.1) is 11.3 Å². The molecular weight excluding hydrogens is 390 g/mol. The summed E-state index contributed by atoms with van der Waals surface area (Å²) < 4.78 is 5.19. The van der Waals surface area contributed by atoms with Gasteiger partial charge in [-0.25, -0.2) is 9.80 Å². The van der Waals surface area contributed by atoms with Crippen LogP contribution in [0.4, 0.5) is 0 Å². The minimum Gasteiger partial charge on any atom is -0.454 e. The van der Waals surface area contributed by atoms with Crippen molar-refractivity contribution in [2.75, 3.05) is 13.2 Å². The minimum atomic E-state index is -0.834. The summed E-state index contributed by atoms with van der Waals surface area (Å²) in [5.74, 6) is -1.55. The van der Waals surface area contributed by atoms with Gasteiger partial charge in [-0.2, -0.15) is 5.10 Å². The third kappa shape index (κ3) is 5.29. The number of rotatable bonds is 7. The topological polar surface area (TPSA) is 88.1 Å². The molecule has 0 aliphatic carbocycles. The van der Waals surface area contributed by atoms with Crippen LogP contribution in [0.5, 0.6) is 0 Å². The van der Waals surface area contributed by atoms with E-state index in [4.69, 9.17) is 4.74 Å².